The lowest BCUT2D eigenvalue weighted by molar-refractivity contribution is 0.0546. The van der Waals surface area contributed by atoms with Gasteiger partial charge in [-0.25, -0.2) is 0 Å². The van der Waals surface area contributed by atoms with Crippen molar-refractivity contribution in [2.24, 2.45) is 5.41 Å². The average Bonchev–Trinajstić information content (AvgIpc) is 3.48. The second-order valence-corrected chi connectivity index (χ2v) is 10.7. The van der Waals surface area contributed by atoms with Crippen LogP contribution in [0.5, 0.6) is 34.5 Å². The fourth-order valence-corrected chi connectivity index (χ4v) is 6.96. The van der Waals surface area contributed by atoms with Crippen LogP contribution in [-0.2, 0) is 0 Å². The number of thiophene rings is 3. The Kier molecular flexibility index (Phi) is 4.71. The van der Waals surface area contributed by atoms with E-state index < -0.39 is 5.41 Å². The Morgan fingerprint density at radius 3 is 1.68 bits per heavy atom. The molecule has 0 aromatic carbocycles. The number of hydrogen-bond donors (Lipinski definition) is 1. The van der Waals surface area contributed by atoms with Crippen molar-refractivity contribution >= 4 is 34.0 Å². The topological polar surface area (TPSA) is 75.6 Å². The molecule has 0 unspecified atom stereocenters. The molecule has 3 aromatic rings. The molecule has 3 aromatic heterocycles. The van der Waals surface area contributed by atoms with E-state index in [-0.39, 0.29) is 6.61 Å². The molecule has 7 nitrogen and oxygen atoms in total. The number of hydrogen-bond acceptors (Lipinski definition) is 10. The van der Waals surface area contributed by atoms with Crippen molar-refractivity contribution in [3.63, 3.8) is 0 Å². The van der Waals surface area contributed by atoms with Gasteiger partial charge < -0.3 is 33.5 Å². The third kappa shape index (κ3) is 3.15. The van der Waals surface area contributed by atoms with E-state index in [9.17, 15) is 5.11 Å². The molecule has 3 aliphatic heterocycles. The van der Waals surface area contributed by atoms with Gasteiger partial charge in [-0.1, -0.05) is 6.92 Å². The van der Waals surface area contributed by atoms with Crippen molar-refractivity contribution in [2.45, 2.75) is 6.92 Å². The molecule has 0 spiro atoms. The number of rotatable bonds is 3. The molecule has 0 amide bonds. The van der Waals surface area contributed by atoms with Gasteiger partial charge in [-0.05, 0) is 0 Å². The third-order valence-electron chi connectivity index (χ3n) is 5.35. The molecule has 0 saturated carbocycles. The molecular formula is C21H20O7S3. The zero-order valence-electron chi connectivity index (χ0n) is 16.7. The lowest BCUT2D eigenvalue weighted by Crippen LogP contribution is -2.33. The van der Waals surface area contributed by atoms with E-state index in [1.807, 2.05) is 17.7 Å². The predicted octanol–water partition coefficient (Wildman–Crippen LogP) is 4.52. The molecule has 6 rings (SSSR count). The summed E-state index contributed by atoms with van der Waals surface area (Å²) in [4.78, 5) is 3.78. The normalized spacial score (nSPS) is 18.5. The van der Waals surface area contributed by atoms with Gasteiger partial charge in [0.2, 0.25) is 0 Å². The first-order valence-corrected chi connectivity index (χ1v) is 12.5. The summed E-state index contributed by atoms with van der Waals surface area (Å²) in [5.74, 6) is 4.37. The number of ether oxygens (including phenoxy) is 6. The second-order valence-electron chi connectivity index (χ2n) is 7.87. The lowest BCUT2D eigenvalue weighted by Gasteiger charge is -2.23. The lowest BCUT2D eigenvalue weighted by atomic mass is 9.94. The van der Waals surface area contributed by atoms with Crippen LogP contribution in [0.25, 0.3) is 19.5 Å². The Balaban J connectivity index is 1.52. The van der Waals surface area contributed by atoms with Crippen LogP contribution in [-0.4, -0.2) is 51.4 Å². The van der Waals surface area contributed by atoms with Crippen molar-refractivity contribution < 1.29 is 33.5 Å². The average molecular weight is 481 g/mol. The maximum absolute atomic E-state index is 9.89. The van der Waals surface area contributed by atoms with Crippen molar-refractivity contribution in [1.29, 1.82) is 0 Å². The van der Waals surface area contributed by atoms with Crippen LogP contribution in [0.4, 0.5) is 0 Å². The molecule has 0 radical (unpaired) electrons. The molecule has 0 aliphatic carbocycles. The minimum Gasteiger partial charge on any atom is -0.487 e. The second kappa shape index (κ2) is 7.47. The molecule has 0 saturated heterocycles. The van der Waals surface area contributed by atoms with Gasteiger partial charge >= 0.3 is 0 Å². The van der Waals surface area contributed by atoms with Crippen molar-refractivity contribution in [1.82, 2.24) is 0 Å². The number of fused-ring (bicyclic) bond motifs is 3. The van der Waals surface area contributed by atoms with Gasteiger partial charge in [-0.3, -0.25) is 0 Å². The highest BCUT2D eigenvalue weighted by molar-refractivity contribution is 7.27. The van der Waals surface area contributed by atoms with Crippen LogP contribution in [0.3, 0.4) is 0 Å². The highest BCUT2D eigenvalue weighted by Crippen LogP contribution is 2.61. The molecule has 3 aliphatic rings. The minimum atomic E-state index is -0.492. The largest absolute Gasteiger partial charge is 0.487 e. The fourth-order valence-electron chi connectivity index (χ4n) is 3.63. The fraction of sp³-hybridized carbons (Fsp3) is 0.429. The van der Waals surface area contributed by atoms with E-state index in [2.05, 4.69) is 0 Å². The Morgan fingerprint density at radius 1 is 0.710 bits per heavy atom. The zero-order chi connectivity index (χ0) is 21.0. The van der Waals surface area contributed by atoms with E-state index in [0.29, 0.717) is 51.1 Å². The van der Waals surface area contributed by atoms with E-state index in [4.69, 9.17) is 28.4 Å². The third-order valence-corrected chi connectivity index (χ3v) is 8.71. The summed E-state index contributed by atoms with van der Waals surface area (Å²) in [7, 11) is 0. The molecular weight excluding hydrogens is 460 g/mol. The van der Waals surface area contributed by atoms with E-state index in [1.165, 1.54) is 0 Å². The first-order chi connectivity index (χ1) is 15.2. The highest BCUT2D eigenvalue weighted by atomic mass is 32.1. The van der Waals surface area contributed by atoms with Gasteiger partial charge in [0, 0.05) is 10.8 Å². The summed E-state index contributed by atoms with van der Waals surface area (Å²) in [5.41, 5.74) is -0.492. The van der Waals surface area contributed by atoms with Crippen molar-refractivity contribution in [3.8, 4) is 54.0 Å². The number of aliphatic hydroxyl groups is 1. The Morgan fingerprint density at radius 2 is 1.19 bits per heavy atom. The maximum atomic E-state index is 9.89. The first-order valence-electron chi connectivity index (χ1n) is 9.95. The van der Waals surface area contributed by atoms with Crippen LogP contribution >= 0.6 is 34.0 Å². The van der Waals surface area contributed by atoms with E-state index in [1.54, 1.807) is 34.0 Å². The molecule has 0 fully saturated rings. The van der Waals surface area contributed by atoms with Crippen LogP contribution in [0.2, 0.25) is 0 Å². The maximum Gasteiger partial charge on any atom is 0.181 e. The molecule has 31 heavy (non-hydrogen) atoms. The standard InChI is InChI=1S/C21H20O7S3/c1-21(8-22)9-27-15-16(28-10-21)20(18-14-12(7-30-18)24-3-5-26-14)31-19(15)17-13-11(6-29-17)23-2-4-25-13/h6-7,22H,2-5,8-10H2,1H3. The molecule has 0 bridgehead atoms. The van der Waals surface area contributed by atoms with Crippen LogP contribution in [0.15, 0.2) is 10.8 Å². The summed E-state index contributed by atoms with van der Waals surface area (Å²) in [6.07, 6.45) is 0. The zero-order valence-corrected chi connectivity index (χ0v) is 19.2. The van der Waals surface area contributed by atoms with E-state index in [0.717, 1.165) is 42.5 Å². The molecule has 6 heterocycles. The highest BCUT2D eigenvalue weighted by Gasteiger charge is 2.37. The predicted molar refractivity (Wildman–Crippen MR) is 119 cm³/mol. The molecule has 164 valence electrons. The van der Waals surface area contributed by atoms with Gasteiger partial charge in [0.15, 0.2) is 34.5 Å². The van der Waals surface area contributed by atoms with E-state index >= 15 is 0 Å². The Hall–Kier alpha value is -2.14. The van der Waals surface area contributed by atoms with Crippen molar-refractivity contribution in [3.05, 3.63) is 10.8 Å². The van der Waals surface area contributed by atoms with Gasteiger partial charge in [0.1, 0.15) is 26.4 Å². The Bertz CT molecular complexity index is 1050. The van der Waals surface area contributed by atoms with Gasteiger partial charge in [-0.15, -0.1) is 34.0 Å². The summed E-state index contributed by atoms with van der Waals surface area (Å²) in [5, 5.41) is 13.8. The first kappa shape index (κ1) is 19.5. The van der Waals surface area contributed by atoms with Crippen LogP contribution in [0, 0.1) is 5.41 Å². The van der Waals surface area contributed by atoms with Crippen LogP contribution in [0.1, 0.15) is 6.92 Å². The summed E-state index contributed by atoms with van der Waals surface area (Å²) >= 11 is 4.72. The van der Waals surface area contributed by atoms with Crippen molar-refractivity contribution in [2.75, 3.05) is 46.2 Å². The van der Waals surface area contributed by atoms with Gasteiger partial charge in [0.25, 0.3) is 0 Å². The Labute approximate surface area is 190 Å². The summed E-state index contributed by atoms with van der Waals surface area (Å²) < 4.78 is 36.0. The smallest absolute Gasteiger partial charge is 0.181 e. The summed E-state index contributed by atoms with van der Waals surface area (Å²) in [6.45, 7) is 4.76. The van der Waals surface area contributed by atoms with Gasteiger partial charge in [-0.2, -0.15) is 0 Å². The molecule has 10 heteroatoms. The van der Waals surface area contributed by atoms with Gasteiger partial charge in [0.05, 0.1) is 44.7 Å². The monoisotopic (exact) mass is 480 g/mol. The molecule has 1 N–H and O–H groups in total. The SMILES string of the molecule is CC1(CO)COc2c(-c3scc4c3OCCO4)sc(-c3scc4c3OCCO4)c2OC1. The van der Waals surface area contributed by atoms with Crippen LogP contribution < -0.4 is 28.4 Å². The molecule has 0 atom stereocenters. The number of aliphatic hydroxyl groups excluding tert-OH is 1. The quantitative estimate of drug-likeness (QED) is 0.591. The summed E-state index contributed by atoms with van der Waals surface area (Å²) in [6, 6.07) is 0. The minimum absolute atomic E-state index is 0.0257.